The summed E-state index contributed by atoms with van der Waals surface area (Å²) < 4.78 is 16.1. The van der Waals surface area contributed by atoms with Crippen LogP contribution in [0.5, 0.6) is 11.5 Å². The number of nitro benzene ring substituents is 1. The molecule has 0 spiro atoms. The standard InChI is InChI=1S/C22H21N3O6/c1-3-12-30-16-6-4-15(5-7-16)22(26)24-23-14-18-9-11-21(31-18)19-10-8-17(29-2)13-20(19)25(27)28/h4-11,13-14H,3,12H2,1-2H3,(H,24,26)/b23-14+. The number of hydrazone groups is 1. The second-order valence-electron chi connectivity index (χ2n) is 6.41. The number of methoxy groups -OCH3 is 1. The second-order valence-corrected chi connectivity index (χ2v) is 6.41. The number of rotatable bonds is 9. The minimum Gasteiger partial charge on any atom is -0.497 e. The molecule has 1 heterocycles. The summed E-state index contributed by atoms with van der Waals surface area (Å²) >= 11 is 0. The van der Waals surface area contributed by atoms with E-state index in [1.807, 2.05) is 6.92 Å². The highest BCUT2D eigenvalue weighted by Crippen LogP contribution is 2.33. The van der Waals surface area contributed by atoms with E-state index >= 15 is 0 Å². The first-order valence-corrected chi connectivity index (χ1v) is 9.50. The van der Waals surface area contributed by atoms with Crippen LogP contribution in [0.3, 0.4) is 0 Å². The topological polar surface area (TPSA) is 116 Å². The van der Waals surface area contributed by atoms with Gasteiger partial charge in [0.2, 0.25) is 0 Å². The molecule has 9 heteroatoms. The van der Waals surface area contributed by atoms with Crippen molar-refractivity contribution in [2.75, 3.05) is 13.7 Å². The van der Waals surface area contributed by atoms with Gasteiger partial charge in [-0.15, -0.1) is 0 Å². The lowest BCUT2D eigenvalue weighted by molar-refractivity contribution is -0.384. The Labute approximate surface area is 178 Å². The molecule has 0 atom stereocenters. The summed E-state index contributed by atoms with van der Waals surface area (Å²) in [6.45, 7) is 2.63. The van der Waals surface area contributed by atoms with E-state index in [4.69, 9.17) is 13.9 Å². The van der Waals surface area contributed by atoms with E-state index in [0.717, 1.165) is 6.42 Å². The van der Waals surface area contributed by atoms with Crippen LogP contribution in [0.2, 0.25) is 0 Å². The van der Waals surface area contributed by atoms with Gasteiger partial charge >= 0.3 is 0 Å². The first kappa shape index (κ1) is 21.6. The molecular formula is C22H21N3O6. The lowest BCUT2D eigenvalue weighted by Gasteiger charge is -2.05. The maximum atomic E-state index is 12.2. The smallest absolute Gasteiger partial charge is 0.284 e. The fourth-order valence-electron chi connectivity index (χ4n) is 2.71. The zero-order valence-corrected chi connectivity index (χ0v) is 17.0. The molecule has 0 saturated heterocycles. The SMILES string of the molecule is CCCOc1ccc(C(=O)N/N=C/c2ccc(-c3ccc(OC)cc3[N+](=O)[O-])o2)cc1. The minimum absolute atomic E-state index is 0.142. The lowest BCUT2D eigenvalue weighted by Crippen LogP contribution is -2.17. The Kier molecular flexibility index (Phi) is 7.00. The molecule has 0 aliphatic heterocycles. The number of amides is 1. The van der Waals surface area contributed by atoms with Gasteiger partial charge in [0, 0.05) is 5.56 Å². The van der Waals surface area contributed by atoms with Crippen molar-refractivity contribution in [3.63, 3.8) is 0 Å². The Hall–Kier alpha value is -4.14. The molecule has 1 amide bonds. The van der Waals surface area contributed by atoms with Crippen LogP contribution in [-0.4, -0.2) is 30.8 Å². The Morgan fingerprint density at radius 2 is 1.90 bits per heavy atom. The third kappa shape index (κ3) is 5.47. The van der Waals surface area contributed by atoms with Crippen LogP contribution in [0.4, 0.5) is 5.69 Å². The number of furan rings is 1. The van der Waals surface area contributed by atoms with Crippen molar-refractivity contribution in [1.82, 2.24) is 5.43 Å². The zero-order valence-electron chi connectivity index (χ0n) is 17.0. The summed E-state index contributed by atoms with van der Waals surface area (Å²) in [5, 5.41) is 15.2. The molecule has 1 aromatic heterocycles. The predicted octanol–water partition coefficient (Wildman–Crippen LogP) is 4.42. The number of hydrogen-bond donors (Lipinski definition) is 1. The second kappa shape index (κ2) is 10.1. The first-order chi connectivity index (χ1) is 15.0. The zero-order chi connectivity index (χ0) is 22.2. The average Bonchev–Trinajstić information content (AvgIpc) is 3.26. The molecule has 2 aromatic carbocycles. The van der Waals surface area contributed by atoms with Gasteiger partial charge in [-0.3, -0.25) is 14.9 Å². The maximum absolute atomic E-state index is 12.2. The molecule has 3 aromatic rings. The number of carbonyl (C=O) groups is 1. The van der Waals surface area contributed by atoms with E-state index in [9.17, 15) is 14.9 Å². The minimum atomic E-state index is -0.507. The fraction of sp³-hybridized carbons (Fsp3) is 0.182. The summed E-state index contributed by atoms with van der Waals surface area (Å²) in [5.41, 5.74) is 3.00. The van der Waals surface area contributed by atoms with Gasteiger partial charge in [-0.05, 0) is 55.0 Å². The Bertz CT molecular complexity index is 1090. The van der Waals surface area contributed by atoms with Crippen LogP contribution in [0.1, 0.15) is 29.5 Å². The van der Waals surface area contributed by atoms with Crippen molar-refractivity contribution < 1.29 is 23.6 Å². The molecular weight excluding hydrogens is 402 g/mol. The van der Waals surface area contributed by atoms with Crippen molar-refractivity contribution in [3.8, 4) is 22.8 Å². The summed E-state index contributed by atoms with van der Waals surface area (Å²) in [5.74, 6) is 1.29. The third-order valence-corrected chi connectivity index (χ3v) is 4.24. The molecule has 160 valence electrons. The van der Waals surface area contributed by atoms with Crippen LogP contribution in [0.25, 0.3) is 11.3 Å². The third-order valence-electron chi connectivity index (χ3n) is 4.24. The summed E-state index contributed by atoms with van der Waals surface area (Å²) in [6.07, 6.45) is 2.22. The highest BCUT2D eigenvalue weighted by atomic mass is 16.6. The number of nitrogens with one attached hydrogen (secondary N) is 1. The Morgan fingerprint density at radius 1 is 1.16 bits per heavy atom. The Balaban J connectivity index is 1.66. The van der Waals surface area contributed by atoms with Gasteiger partial charge in [0.25, 0.3) is 11.6 Å². The average molecular weight is 423 g/mol. The van der Waals surface area contributed by atoms with Crippen molar-refractivity contribution in [1.29, 1.82) is 0 Å². The molecule has 0 aliphatic rings. The van der Waals surface area contributed by atoms with E-state index in [-0.39, 0.29) is 5.69 Å². The van der Waals surface area contributed by atoms with E-state index in [1.165, 1.54) is 19.4 Å². The molecule has 0 saturated carbocycles. The van der Waals surface area contributed by atoms with Crippen LogP contribution < -0.4 is 14.9 Å². The molecule has 31 heavy (non-hydrogen) atoms. The predicted molar refractivity (Wildman–Crippen MR) is 115 cm³/mol. The number of carbonyl (C=O) groups excluding carboxylic acids is 1. The van der Waals surface area contributed by atoms with Gasteiger partial charge in [0.1, 0.15) is 23.0 Å². The monoisotopic (exact) mass is 423 g/mol. The highest BCUT2D eigenvalue weighted by Gasteiger charge is 2.19. The van der Waals surface area contributed by atoms with E-state index in [2.05, 4.69) is 10.5 Å². The van der Waals surface area contributed by atoms with Gasteiger partial charge in [-0.25, -0.2) is 5.43 Å². The molecule has 3 rings (SSSR count). The molecule has 0 bridgehead atoms. The number of benzene rings is 2. The van der Waals surface area contributed by atoms with Crippen molar-refractivity contribution in [3.05, 3.63) is 76.0 Å². The van der Waals surface area contributed by atoms with Crippen molar-refractivity contribution in [2.45, 2.75) is 13.3 Å². The van der Waals surface area contributed by atoms with E-state index in [0.29, 0.717) is 40.8 Å². The molecule has 0 aliphatic carbocycles. The lowest BCUT2D eigenvalue weighted by atomic mass is 10.1. The van der Waals surface area contributed by atoms with Crippen LogP contribution in [-0.2, 0) is 0 Å². The quantitative estimate of drug-likeness (QED) is 0.309. The van der Waals surface area contributed by atoms with E-state index < -0.39 is 10.8 Å². The maximum Gasteiger partial charge on any atom is 0.284 e. The molecule has 0 radical (unpaired) electrons. The summed E-state index contributed by atoms with van der Waals surface area (Å²) in [6, 6.07) is 14.4. The largest absolute Gasteiger partial charge is 0.497 e. The fourth-order valence-corrected chi connectivity index (χ4v) is 2.71. The van der Waals surface area contributed by atoms with Crippen LogP contribution in [0, 0.1) is 10.1 Å². The van der Waals surface area contributed by atoms with Crippen LogP contribution in [0.15, 0.2) is 64.1 Å². The molecule has 0 unspecified atom stereocenters. The molecule has 9 nitrogen and oxygen atoms in total. The normalized spacial score (nSPS) is 10.8. The number of ether oxygens (including phenoxy) is 2. The van der Waals surface area contributed by atoms with Crippen molar-refractivity contribution in [2.24, 2.45) is 5.10 Å². The number of hydrogen-bond acceptors (Lipinski definition) is 7. The van der Waals surface area contributed by atoms with Gasteiger partial charge in [-0.1, -0.05) is 6.92 Å². The van der Waals surface area contributed by atoms with Gasteiger partial charge < -0.3 is 13.9 Å². The highest BCUT2D eigenvalue weighted by molar-refractivity contribution is 5.94. The molecule has 1 N–H and O–H groups in total. The first-order valence-electron chi connectivity index (χ1n) is 9.50. The Morgan fingerprint density at radius 3 is 2.58 bits per heavy atom. The van der Waals surface area contributed by atoms with Crippen molar-refractivity contribution >= 4 is 17.8 Å². The van der Waals surface area contributed by atoms with E-state index in [1.54, 1.807) is 48.5 Å². The number of nitro groups is 1. The molecule has 0 fully saturated rings. The van der Waals surface area contributed by atoms with Gasteiger partial charge in [0.15, 0.2) is 0 Å². The van der Waals surface area contributed by atoms with Gasteiger partial charge in [-0.2, -0.15) is 5.10 Å². The number of nitrogens with zero attached hydrogens (tertiary/aromatic N) is 2. The van der Waals surface area contributed by atoms with Crippen LogP contribution >= 0.6 is 0 Å². The van der Waals surface area contributed by atoms with Gasteiger partial charge in [0.05, 0.1) is 36.5 Å². The summed E-state index contributed by atoms with van der Waals surface area (Å²) in [7, 11) is 1.43. The summed E-state index contributed by atoms with van der Waals surface area (Å²) in [4.78, 5) is 23.0.